The lowest BCUT2D eigenvalue weighted by Crippen LogP contribution is -2.47. The van der Waals surface area contributed by atoms with E-state index in [1.807, 2.05) is 4.90 Å². The molecule has 0 aliphatic carbocycles. The molecule has 2 heterocycles. The van der Waals surface area contributed by atoms with Crippen LogP contribution in [0.4, 0.5) is 0 Å². The molecule has 0 bridgehead atoms. The van der Waals surface area contributed by atoms with E-state index >= 15 is 0 Å². The first-order chi connectivity index (χ1) is 8.36. The zero-order valence-electron chi connectivity index (χ0n) is 10.9. The summed E-state index contributed by atoms with van der Waals surface area (Å²) < 4.78 is 5.40. The van der Waals surface area contributed by atoms with Crippen LogP contribution in [0, 0.1) is 0 Å². The predicted octanol–water partition coefficient (Wildman–Crippen LogP) is -0.0476. The van der Waals surface area contributed by atoms with Crippen LogP contribution in [-0.2, 0) is 9.53 Å². The normalized spacial score (nSPS) is 22.1. The maximum Gasteiger partial charge on any atom is 0.223 e. The summed E-state index contributed by atoms with van der Waals surface area (Å²) in [5, 5.41) is 3.26. The third-order valence-electron chi connectivity index (χ3n) is 3.43. The maximum atomic E-state index is 12.0. The molecule has 0 aromatic carbocycles. The van der Waals surface area contributed by atoms with Crippen molar-refractivity contribution in [1.82, 2.24) is 15.1 Å². The van der Waals surface area contributed by atoms with Gasteiger partial charge in [0.15, 0.2) is 0 Å². The molecule has 0 aromatic rings. The molecule has 6 heteroatoms. The van der Waals surface area contributed by atoms with Crippen molar-refractivity contribution in [1.29, 1.82) is 0 Å². The van der Waals surface area contributed by atoms with E-state index in [0.29, 0.717) is 12.3 Å². The molecule has 2 aliphatic rings. The molecule has 1 amide bonds. The van der Waals surface area contributed by atoms with Crippen LogP contribution in [0.25, 0.3) is 0 Å². The first-order valence-corrected chi connectivity index (χ1v) is 6.65. The lowest BCUT2D eigenvalue weighted by atomic mass is 10.3. The van der Waals surface area contributed by atoms with Crippen molar-refractivity contribution in [3.8, 4) is 0 Å². The first kappa shape index (κ1) is 15.7. The number of hydrogen-bond donors (Lipinski definition) is 1. The van der Waals surface area contributed by atoms with Crippen molar-refractivity contribution in [2.75, 3.05) is 59.0 Å². The fourth-order valence-corrected chi connectivity index (χ4v) is 2.35. The smallest absolute Gasteiger partial charge is 0.223 e. The lowest BCUT2D eigenvalue weighted by Gasteiger charge is -2.28. The third-order valence-corrected chi connectivity index (χ3v) is 3.43. The SMILES string of the molecule is Cl.O=C(CCN1CCCOCC1)N1CCNCC1. The molecule has 0 spiro atoms. The molecule has 106 valence electrons. The van der Waals surface area contributed by atoms with Gasteiger partial charge in [-0.05, 0) is 6.42 Å². The van der Waals surface area contributed by atoms with Gasteiger partial charge < -0.3 is 19.9 Å². The van der Waals surface area contributed by atoms with Crippen LogP contribution in [0.2, 0.25) is 0 Å². The minimum Gasteiger partial charge on any atom is -0.380 e. The molecule has 2 fully saturated rings. The standard InChI is InChI=1S/C12H23N3O2.ClH/c16-12(15-7-3-13-4-8-15)2-6-14-5-1-10-17-11-9-14;/h13H,1-11H2;1H. The average Bonchev–Trinajstić information content (AvgIpc) is 2.65. The van der Waals surface area contributed by atoms with Crippen molar-refractivity contribution in [2.45, 2.75) is 12.8 Å². The third kappa shape index (κ3) is 5.10. The zero-order chi connectivity index (χ0) is 11.9. The molecule has 2 aliphatic heterocycles. The van der Waals surface area contributed by atoms with Gasteiger partial charge in [0.1, 0.15) is 0 Å². The van der Waals surface area contributed by atoms with Crippen molar-refractivity contribution < 1.29 is 9.53 Å². The molecule has 2 rings (SSSR count). The van der Waals surface area contributed by atoms with Crippen molar-refractivity contribution >= 4 is 18.3 Å². The number of amides is 1. The van der Waals surface area contributed by atoms with Gasteiger partial charge in [-0.1, -0.05) is 0 Å². The highest BCUT2D eigenvalue weighted by molar-refractivity contribution is 5.85. The predicted molar refractivity (Wildman–Crippen MR) is 73.2 cm³/mol. The second kappa shape index (κ2) is 8.69. The molecule has 0 aromatic heterocycles. The summed E-state index contributed by atoms with van der Waals surface area (Å²) in [7, 11) is 0. The number of halogens is 1. The highest BCUT2D eigenvalue weighted by Gasteiger charge is 2.17. The Labute approximate surface area is 115 Å². The minimum absolute atomic E-state index is 0. The molecule has 0 saturated carbocycles. The molecule has 2 saturated heterocycles. The summed E-state index contributed by atoms with van der Waals surface area (Å²) in [6.07, 6.45) is 1.74. The summed E-state index contributed by atoms with van der Waals surface area (Å²) in [6.45, 7) is 8.18. The van der Waals surface area contributed by atoms with Gasteiger partial charge in [0.2, 0.25) is 5.91 Å². The van der Waals surface area contributed by atoms with E-state index in [9.17, 15) is 4.79 Å². The van der Waals surface area contributed by atoms with Gasteiger partial charge in [0.05, 0.1) is 6.61 Å². The monoisotopic (exact) mass is 277 g/mol. The molecular formula is C12H24ClN3O2. The Balaban J connectivity index is 0.00000162. The van der Waals surface area contributed by atoms with Crippen molar-refractivity contribution in [2.24, 2.45) is 0 Å². The van der Waals surface area contributed by atoms with E-state index in [1.54, 1.807) is 0 Å². The summed E-state index contributed by atoms with van der Waals surface area (Å²) in [5.41, 5.74) is 0. The summed E-state index contributed by atoms with van der Waals surface area (Å²) in [4.78, 5) is 16.3. The van der Waals surface area contributed by atoms with Crippen LogP contribution in [0.1, 0.15) is 12.8 Å². The van der Waals surface area contributed by atoms with Gasteiger partial charge >= 0.3 is 0 Å². The maximum absolute atomic E-state index is 12.0. The number of rotatable bonds is 3. The van der Waals surface area contributed by atoms with Crippen LogP contribution < -0.4 is 5.32 Å². The second-order valence-electron chi connectivity index (χ2n) is 4.69. The minimum atomic E-state index is 0. The molecule has 0 atom stereocenters. The Bertz CT molecular complexity index is 239. The van der Waals surface area contributed by atoms with E-state index < -0.39 is 0 Å². The van der Waals surface area contributed by atoms with Crippen LogP contribution in [0.3, 0.4) is 0 Å². The number of ether oxygens (including phenoxy) is 1. The highest BCUT2D eigenvalue weighted by atomic mass is 35.5. The summed E-state index contributed by atoms with van der Waals surface area (Å²) in [5.74, 6) is 0.302. The molecular weight excluding hydrogens is 254 g/mol. The highest BCUT2D eigenvalue weighted by Crippen LogP contribution is 2.03. The first-order valence-electron chi connectivity index (χ1n) is 6.65. The molecule has 18 heavy (non-hydrogen) atoms. The van der Waals surface area contributed by atoms with Gasteiger partial charge in [-0.25, -0.2) is 0 Å². The van der Waals surface area contributed by atoms with Crippen LogP contribution in [0.15, 0.2) is 0 Å². The average molecular weight is 278 g/mol. The van der Waals surface area contributed by atoms with Crippen LogP contribution >= 0.6 is 12.4 Å². The van der Waals surface area contributed by atoms with E-state index in [-0.39, 0.29) is 12.4 Å². The fourth-order valence-electron chi connectivity index (χ4n) is 2.35. The van der Waals surface area contributed by atoms with Gasteiger partial charge in [-0.2, -0.15) is 0 Å². The van der Waals surface area contributed by atoms with E-state index in [4.69, 9.17) is 4.74 Å². The van der Waals surface area contributed by atoms with E-state index in [2.05, 4.69) is 10.2 Å². The Morgan fingerprint density at radius 1 is 1.11 bits per heavy atom. The van der Waals surface area contributed by atoms with Gasteiger partial charge in [0.25, 0.3) is 0 Å². The largest absolute Gasteiger partial charge is 0.380 e. The Hall–Kier alpha value is -0.360. The molecule has 1 N–H and O–H groups in total. The van der Waals surface area contributed by atoms with Gasteiger partial charge in [0, 0.05) is 58.8 Å². The number of piperazine rings is 1. The quantitative estimate of drug-likeness (QED) is 0.786. The van der Waals surface area contributed by atoms with E-state index in [1.165, 1.54) is 0 Å². The van der Waals surface area contributed by atoms with Crippen LogP contribution in [-0.4, -0.2) is 74.7 Å². The molecule has 0 radical (unpaired) electrons. The number of hydrogen-bond acceptors (Lipinski definition) is 4. The van der Waals surface area contributed by atoms with Gasteiger partial charge in [-0.3, -0.25) is 4.79 Å². The topological polar surface area (TPSA) is 44.8 Å². The Morgan fingerprint density at radius 3 is 2.67 bits per heavy atom. The van der Waals surface area contributed by atoms with Crippen molar-refractivity contribution in [3.63, 3.8) is 0 Å². The summed E-state index contributed by atoms with van der Waals surface area (Å²) in [6, 6.07) is 0. The zero-order valence-corrected chi connectivity index (χ0v) is 11.7. The second-order valence-corrected chi connectivity index (χ2v) is 4.69. The molecule has 5 nitrogen and oxygen atoms in total. The van der Waals surface area contributed by atoms with Crippen LogP contribution in [0.5, 0.6) is 0 Å². The number of nitrogens with one attached hydrogen (secondary N) is 1. The number of carbonyl (C=O) groups excluding carboxylic acids is 1. The fraction of sp³-hybridized carbons (Fsp3) is 0.917. The number of nitrogens with zero attached hydrogens (tertiary/aromatic N) is 2. The Kier molecular flexibility index (Phi) is 7.58. The van der Waals surface area contributed by atoms with Gasteiger partial charge in [-0.15, -0.1) is 12.4 Å². The summed E-state index contributed by atoms with van der Waals surface area (Å²) >= 11 is 0. The van der Waals surface area contributed by atoms with Crippen molar-refractivity contribution in [3.05, 3.63) is 0 Å². The number of carbonyl (C=O) groups is 1. The van der Waals surface area contributed by atoms with E-state index in [0.717, 1.165) is 65.4 Å². The Morgan fingerprint density at radius 2 is 1.89 bits per heavy atom. The lowest BCUT2D eigenvalue weighted by molar-refractivity contribution is -0.132. The molecule has 0 unspecified atom stereocenters.